The normalized spacial score (nSPS) is 11.7. The summed E-state index contributed by atoms with van der Waals surface area (Å²) in [5.41, 5.74) is 3.90. The summed E-state index contributed by atoms with van der Waals surface area (Å²) in [6.07, 6.45) is -2.64. The van der Waals surface area contributed by atoms with Crippen LogP contribution in [0.3, 0.4) is 0 Å². The van der Waals surface area contributed by atoms with Crippen molar-refractivity contribution in [2.45, 2.75) is 20.0 Å². The lowest BCUT2D eigenvalue weighted by Crippen LogP contribution is -2.04. The molecule has 5 heteroatoms. The zero-order valence-corrected chi connectivity index (χ0v) is 12.7. The summed E-state index contributed by atoms with van der Waals surface area (Å²) in [6.45, 7) is 4.04. The Kier molecular flexibility index (Phi) is 3.72. The average molecular weight is 316 g/mol. The highest BCUT2D eigenvalue weighted by Crippen LogP contribution is 2.31. The minimum Gasteiger partial charge on any atom is -0.355 e. The van der Waals surface area contributed by atoms with Crippen LogP contribution in [0.4, 0.5) is 24.5 Å². The number of nitrogens with zero attached hydrogens (tertiary/aromatic N) is 1. The van der Waals surface area contributed by atoms with E-state index in [2.05, 4.69) is 10.3 Å². The third-order valence-electron chi connectivity index (χ3n) is 3.85. The van der Waals surface area contributed by atoms with E-state index in [1.54, 1.807) is 6.20 Å². The van der Waals surface area contributed by atoms with Gasteiger partial charge in [-0.1, -0.05) is 0 Å². The first-order valence-electron chi connectivity index (χ1n) is 7.15. The Morgan fingerprint density at radius 3 is 2.22 bits per heavy atom. The van der Waals surface area contributed by atoms with Crippen molar-refractivity contribution in [2.24, 2.45) is 0 Å². The molecule has 0 spiro atoms. The van der Waals surface area contributed by atoms with Crippen LogP contribution in [0.25, 0.3) is 10.9 Å². The number of aryl methyl sites for hydroxylation is 2. The number of hydrogen-bond donors (Lipinski definition) is 1. The van der Waals surface area contributed by atoms with E-state index in [-0.39, 0.29) is 0 Å². The summed E-state index contributed by atoms with van der Waals surface area (Å²) in [5.74, 6) is 0. The van der Waals surface area contributed by atoms with Crippen molar-refractivity contribution in [3.05, 3.63) is 65.4 Å². The van der Waals surface area contributed by atoms with Crippen LogP contribution in [0.15, 0.2) is 48.7 Å². The highest BCUT2D eigenvalue weighted by Gasteiger charge is 2.29. The van der Waals surface area contributed by atoms with Crippen LogP contribution in [0.2, 0.25) is 0 Å². The third-order valence-corrected chi connectivity index (χ3v) is 3.85. The molecule has 2 aromatic carbocycles. The zero-order valence-electron chi connectivity index (χ0n) is 12.7. The molecule has 1 heterocycles. The number of halogens is 3. The van der Waals surface area contributed by atoms with Gasteiger partial charge in [-0.25, -0.2) is 0 Å². The first-order valence-corrected chi connectivity index (χ1v) is 7.15. The van der Waals surface area contributed by atoms with E-state index < -0.39 is 11.7 Å². The predicted octanol–water partition coefficient (Wildman–Crippen LogP) is 5.61. The van der Waals surface area contributed by atoms with Gasteiger partial charge in [-0.2, -0.15) is 13.2 Å². The molecular formula is C18H15F3N2. The Morgan fingerprint density at radius 1 is 0.913 bits per heavy atom. The van der Waals surface area contributed by atoms with Crippen LogP contribution in [-0.2, 0) is 6.18 Å². The van der Waals surface area contributed by atoms with E-state index in [0.717, 1.165) is 39.8 Å². The fraction of sp³-hybridized carbons (Fsp3) is 0.167. The highest BCUT2D eigenvalue weighted by molar-refractivity contribution is 5.93. The summed E-state index contributed by atoms with van der Waals surface area (Å²) in [6, 6.07) is 10.8. The average Bonchev–Trinajstić information content (AvgIpc) is 2.49. The van der Waals surface area contributed by atoms with Crippen molar-refractivity contribution >= 4 is 22.3 Å². The molecule has 0 aliphatic rings. The molecule has 2 nitrogen and oxygen atoms in total. The number of rotatable bonds is 2. The second-order valence-corrected chi connectivity index (χ2v) is 5.51. The molecule has 0 radical (unpaired) electrons. The lowest BCUT2D eigenvalue weighted by molar-refractivity contribution is -0.137. The van der Waals surface area contributed by atoms with E-state index in [0.29, 0.717) is 5.69 Å². The Morgan fingerprint density at radius 2 is 1.57 bits per heavy atom. The highest BCUT2D eigenvalue weighted by atomic mass is 19.4. The summed E-state index contributed by atoms with van der Waals surface area (Å²) < 4.78 is 37.8. The van der Waals surface area contributed by atoms with Gasteiger partial charge in [0.15, 0.2) is 0 Å². The predicted molar refractivity (Wildman–Crippen MR) is 85.9 cm³/mol. The Bertz CT molecular complexity index is 853. The molecule has 0 fully saturated rings. The number of benzene rings is 2. The smallest absolute Gasteiger partial charge is 0.355 e. The van der Waals surface area contributed by atoms with Crippen molar-refractivity contribution < 1.29 is 13.2 Å². The SMILES string of the molecule is Cc1cc2nccc(Nc3ccc(C(F)(F)F)cc3)c2cc1C. The van der Waals surface area contributed by atoms with Crippen molar-refractivity contribution in [3.8, 4) is 0 Å². The summed E-state index contributed by atoms with van der Waals surface area (Å²) >= 11 is 0. The minimum absolute atomic E-state index is 0.601. The molecule has 1 aromatic heterocycles. The molecule has 3 rings (SSSR count). The molecule has 0 aliphatic carbocycles. The minimum atomic E-state index is -4.32. The van der Waals surface area contributed by atoms with E-state index in [9.17, 15) is 13.2 Å². The maximum absolute atomic E-state index is 12.6. The number of fused-ring (bicyclic) bond motifs is 1. The van der Waals surface area contributed by atoms with Gasteiger partial charge in [-0.05, 0) is 67.4 Å². The Balaban J connectivity index is 1.97. The molecule has 0 unspecified atom stereocenters. The maximum Gasteiger partial charge on any atom is 0.416 e. The van der Waals surface area contributed by atoms with Crippen LogP contribution in [0.5, 0.6) is 0 Å². The lowest BCUT2D eigenvalue weighted by atomic mass is 10.0. The molecule has 0 aliphatic heterocycles. The Hall–Kier alpha value is -2.56. The molecular weight excluding hydrogens is 301 g/mol. The first kappa shape index (κ1) is 15.3. The first-order chi connectivity index (χ1) is 10.8. The van der Waals surface area contributed by atoms with Crippen molar-refractivity contribution in [1.29, 1.82) is 0 Å². The van der Waals surface area contributed by atoms with E-state index in [4.69, 9.17) is 0 Å². The van der Waals surface area contributed by atoms with E-state index >= 15 is 0 Å². The number of nitrogens with one attached hydrogen (secondary N) is 1. The van der Waals surface area contributed by atoms with E-state index in [1.165, 1.54) is 12.1 Å². The van der Waals surface area contributed by atoms with Gasteiger partial charge >= 0.3 is 6.18 Å². The molecule has 0 atom stereocenters. The molecule has 1 N–H and O–H groups in total. The van der Waals surface area contributed by atoms with Gasteiger partial charge in [0.1, 0.15) is 0 Å². The van der Waals surface area contributed by atoms with Gasteiger partial charge in [0, 0.05) is 23.0 Å². The van der Waals surface area contributed by atoms with Gasteiger partial charge in [0.05, 0.1) is 11.1 Å². The standard InChI is InChI=1S/C18H15F3N2/c1-11-9-15-16(7-8-22-17(15)10-12(11)2)23-14-5-3-13(4-6-14)18(19,20)21/h3-10H,1-2H3,(H,22,23). The monoisotopic (exact) mass is 316 g/mol. The number of anilines is 2. The lowest BCUT2D eigenvalue weighted by Gasteiger charge is -2.12. The van der Waals surface area contributed by atoms with Gasteiger partial charge in [0.2, 0.25) is 0 Å². The largest absolute Gasteiger partial charge is 0.416 e. The van der Waals surface area contributed by atoms with Crippen molar-refractivity contribution in [3.63, 3.8) is 0 Å². The topological polar surface area (TPSA) is 24.9 Å². The van der Waals surface area contributed by atoms with Gasteiger partial charge in [0.25, 0.3) is 0 Å². The van der Waals surface area contributed by atoms with Crippen molar-refractivity contribution in [2.75, 3.05) is 5.32 Å². The summed E-state index contributed by atoms with van der Waals surface area (Å²) in [7, 11) is 0. The molecule has 0 amide bonds. The summed E-state index contributed by atoms with van der Waals surface area (Å²) in [5, 5.41) is 4.11. The zero-order chi connectivity index (χ0) is 16.6. The van der Waals surface area contributed by atoms with Gasteiger partial charge in [-0.3, -0.25) is 4.98 Å². The second kappa shape index (κ2) is 5.57. The second-order valence-electron chi connectivity index (χ2n) is 5.51. The fourth-order valence-corrected chi connectivity index (χ4v) is 2.41. The fourth-order valence-electron chi connectivity index (χ4n) is 2.41. The van der Waals surface area contributed by atoms with Gasteiger partial charge < -0.3 is 5.32 Å². The third kappa shape index (κ3) is 3.13. The number of pyridine rings is 1. The number of hydrogen-bond acceptors (Lipinski definition) is 2. The molecule has 0 saturated heterocycles. The number of aromatic nitrogens is 1. The van der Waals surface area contributed by atoms with Crippen LogP contribution < -0.4 is 5.32 Å². The van der Waals surface area contributed by atoms with Crippen LogP contribution in [0.1, 0.15) is 16.7 Å². The van der Waals surface area contributed by atoms with E-state index in [1.807, 2.05) is 32.0 Å². The van der Waals surface area contributed by atoms with Crippen LogP contribution >= 0.6 is 0 Å². The molecule has 3 aromatic rings. The molecule has 118 valence electrons. The Labute approximate surface area is 132 Å². The summed E-state index contributed by atoms with van der Waals surface area (Å²) in [4.78, 5) is 4.34. The van der Waals surface area contributed by atoms with Gasteiger partial charge in [-0.15, -0.1) is 0 Å². The van der Waals surface area contributed by atoms with Crippen LogP contribution in [0, 0.1) is 13.8 Å². The van der Waals surface area contributed by atoms with Crippen molar-refractivity contribution in [1.82, 2.24) is 4.98 Å². The number of alkyl halides is 3. The quantitative estimate of drug-likeness (QED) is 0.664. The van der Waals surface area contributed by atoms with Crippen LogP contribution in [-0.4, -0.2) is 4.98 Å². The molecule has 0 saturated carbocycles. The maximum atomic E-state index is 12.6. The molecule has 23 heavy (non-hydrogen) atoms. The molecule has 0 bridgehead atoms.